The van der Waals surface area contributed by atoms with E-state index >= 15 is 0 Å². The molecule has 0 amide bonds. The van der Waals surface area contributed by atoms with Gasteiger partial charge < -0.3 is 4.90 Å². The number of aryl methyl sites for hydroxylation is 1. The van der Waals surface area contributed by atoms with Gasteiger partial charge in [0, 0.05) is 24.4 Å². The van der Waals surface area contributed by atoms with Gasteiger partial charge >= 0.3 is 0 Å². The highest BCUT2D eigenvalue weighted by atomic mass is 16.1. The highest BCUT2D eigenvalue weighted by Gasteiger charge is 2.40. The van der Waals surface area contributed by atoms with Gasteiger partial charge in [0.2, 0.25) is 0 Å². The third-order valence-corrected chi connectivity index (χ3v) is 5.18. The summed E-state index contributed by atoms with van der Waals surface area (Å²) in [5.41, 5.74) is 2.45. The summed E-state index contributed by atoms with van der Waals surface area (Å²) in [6, 6.07) is 9.58. The van der Waals surface area contributed by atoms with Gasteiger partial charge in [-0.05, 0) is 50.8 Å². The number of benzene rings is 1. The molecular formula is C17H23NO. The number of carbonyl (C=O) groups excluding carboxylic acids is 1. The minimum atomic E-state index is 0.299. The maximum Gasteiger partial charge on any atom is 0.140 e. The van der Waals surface area contributed by atoms with Gasteiger partial charge in [0.1, 0.15) is 5.78 Å². The van der Waals surface area contributed by atoms with E-state index in [9.17, 15) is 4.79 Å². The van der Waals surface area contributed by atoms with Crippen molar-refractivity contribution in [1.82, 2.24) is 4.90 Å². The van der Waals surface area contributed by atoms with Gasteiger partial charge in [-0.1, -0.05) is 24.3 Å². The minimum absolute atomic E-state index is 0.299. The second-order valence-corrected chi connectivity index (χ2v) is 6.29. The predicted octanol–water partition coefficient (Wildman–Crippen LogP) is 2.98. The Morgan fingerprint density at radius 2 is 1.84 bits per heavy atom. The summed E-state index contributed by atoms with van der Waals surface area (Å²) in [6.45, 7) is 2.10. The van der Waals surface area contributed by atoms with Gasteiger partial charge in [0.05, 0.1) is 0 Å². The molecule has 0 aliphatic carbocycles. The summed E-state index contributed by atoms with van der Waals surface area (Å²) in [4.78, 5) is 15.0. The van der Waals surface area contributed by atoms with Crippen LogP contribution < -0.4 is 0 Å². The molecule has 2 saturated heterocycles. The molecule has 2 nitrogen and oxygen atoms in total. The molecule has 0 spiro atoms. The van der Waals surface area contributed by atoms with Crippen molar-refractivity contribution in [3.05, 3.63) is 35.4 Å². The van der Waals surface area contributed by atoms with Crippen molar-refractivity contribution in [2.45, 2.75) is 51.1 Å². The Hall–Kier alpha value is -1.15. The van der Waals surface area contributed by atoms with Crippen molar-refractivity contribution in [3.63, 3.8) is 0 Å². The number of fused-ring (bicyclic) bond motifs is 2. The second-order valence-electron chi connectivity index (χ2n) is 6.29. The van der Waals surface area contributed by atoms with Crippen molar-refractivity contribution >= 4 is 5.78 Å². The van der Waals surface area contributed by atoms with Crippen LogP contribution >= 0.6 is 0 Å². The average molecular weight is 257 g/mol. The average Bonchev–Trinajstić information content (AvgIpc) is 2.64. The molecule has 2 heterocycles. The third-order valence-electron chi connectivity index (χ3n) is 5.18. The Morgan fingerprint density at radius 3 is 2.47 bits per heavy atom. The molecule has 102 valence electrons. The Kier molecular flexibility index (Phi) is 3.44. The molecule has 0 aromatic heterocycles. The van der Waals surface area contributed by atoms with Gasteiger partial charge in [0.25, 0.3) is 0 Å². The fourth-order valence-corrected chi connectivity index (χ4v) is 3.81. The van der Waals surface area contributed by atoms with Gasteiger partial charge in [-0.25, -0.2) is 0 Å². The van der Waals surface area contributed by atoms with Crippen LogP contribution in [0.3, 0.4) is 0 Å². The molecule has 3 rings (SSSR count). The summed E-state index contributed by atoms with van der Waals surface area (Å²) in [5.74, 6) is 0.757. The van der Waals surface area contributed by atoms with Crippen molar-refractivity contribution in [2.24, 2.45) is 5.92 Å². The normalized spacial score (nSPS) is 30.5. The SMILES string of the molecule is Cc1ccccc1CC(=O)C1CC2CCC(C1)N2C. The Labute approximate surface area is 115 Å². The summed E-state index contributed by atoms with van der Waals surface area (Å²) >= 11 is 0. The number of piperidine rings is 1. The molecule has 1 aromatic rings. The second kappa shape index (κ2) is 5.09. The number of hydrogen-bond donors (Lipinski definition) is 0. The highest BCUT2D eigenvalue weighted by Crippen LogP contribution is 2.38. The first-order valence-corrected chi connectivity index (χ1v) is 7.44. The smallest absolute Gasteiger partial charge is 0.140 e. The highest BCUT2D eigenvalue weighted by molar-refractivity contribution is 5.83. The van der Waals surface area contributed by atoms with Crippen LogP contribution in [-0.4, -0.2) is 29.8 Å². The monoisotopic (exact) mass is 257 g/mol. The number of ketones is 1. The van der Waals surface area contributed by atoms with Crippen LogP contribution in [0.4, 0.5) is 0 Å². The number of hydrogen-bond acceptors (Lipinski definition) is 2. The number of Topliss-reactive ketones (excluding diaryl/α,β-unsaturated/α-hetero) is 1. The summed E-state index contributed by atoms with van der Waals surface area (Å²) < 4.78 is 0. The Bertz CT molecular complexity index is 468. The fourth-order valence-electron chi connectivity index (χ4n) is 3.81. The van der Waals surface area contributed by atoms with Gasteiger partial charge in [-0.3, -0.25) is 4.79 Å². The molecule has 2 atom stereocenters. The zero-order valence-electron chi connectivity index (χ0n) is 11.9. The molecule has 2 heteroatoms. The van der Waals surface area contributed by atoms with E-state index in [0.29, 0.717) is 30.2 Å². The molecule has 19 heavy (non-hydrogen) atoms. The number of rotatable bonds is 3. The van der Waals surface area contributed by atoms with Crippen molar-refractivity contribution in [3.8, 4) is 0 Å². The topological polar surface area (TPSA) is 20.3 Å². The Morgan fingerprint density at radius 1 is 1.21 bits per heavy atom. The predicted molar refractivity (Wildman–Crippen MR) is 77.2 cm³/mol. The van der Waals surface area contributed by atoms with Crippen LogP contribution in [0.1, 0.15) is 36.8 Å². The minimum Gasteiger partial charge on any atom is -0.300 e. The third kappa shape index (κ3) is 2.46. The van der Waals surface area contributed by atoms with Crippen molar-refractivity contribution < 1.29 is 4.79 Å². The van der Waals surface area contributed by atoms with Crippen LogP contribution in [0.5, 0.6) is 0 Å². The van der Waals surface area contributed by atoms with E-state index in [1.807, 2.05) is 12.1 Å². The van der Waals surface area contributed by atoms with Gasteiger partial charge in [0.15, 0.2) is 0 Å². The molecule has 0 saturated carbocycles. The maximum absolute atomic E-state index is 12.5. The summed E-state index contributed by atoms with van der Waals surface area (Å²) in [6.07, 6.45) is 5.36. The molecule has 0 radical (unpaired) electrons. The van der Waals surface area contributed by atoms with E-state index < -0.39 is 0 Å². The number of carbonyl (C=O) groups is 1. The molecular weight excluding hydrogens is 234 g/mol. The largest absolute Gasteiger partial charge is 0.300 e. The van der Waals surface area contributed by atoms with Crippen LogP contribution in [0.2, 0.25) is 0 Å². The molecule has 0 N–H and O–H groups in total. The van der Waals surface area contributed by atoms with E-state index in [1.54, 1.807) is 0 Å². The molecule has 2 aliphatic rings. The van der Waals surface area contributed by atoms with Crippen LogP contribution in [0, 0.1) is 12.8 Å². The van der Waals surface area contributed by atoms with Crippen molar-refractivity contribution in [1.29, 1.82) is 0 Å². The van der Waals surface area contributed by atoms with Crippen molar-refractivity contribution in [2.75, 3.05) is 7.05 Å². The molecule has 2 bridgehead atoms. The summed E-state index contributed by atoms with van der Waals surface area (Å²) in [7, 11) is 2.23. The first-order chi connectivity index (χ1) is 9.15. The molecule has 2 aliphatic heterocycles. The van der Waals surface area contributed by atoms with E-state index in [-0.39, 0.29) is 0 Å². The zero-order valence-corrected chi connectivity index (χ0v) is 11.9. The molecule has 2 fully saturated rings. The standard InChI is InChI=1S/C17H23NO/c1-12-5-3-4-6-13(12)11-17(19)14-9-15-7-8-16(10-14)18(15)2/h3-6,14-16H,7-11H2,1-2H3. The van der Waals surface area contributed by atoms with E-state index in [4.69, 9.17) is 0 Å². The fraction of sp³-hybridized carbons (Fsp3) is 0.588. The van der Waals surface area contributed by atoms with Crippen LogP contribution in [-0.2, 0) is 11.2 Å². The van der Waals surface area contributed by atoms with Crippen LogP contribution in [0.25, 0.3) is 0 Å². The van der Waals surface area contributed by atoms with Gasteiger partial charge in [-0.2, -0.15) is 0 Å². The summed E-state index contributed by atoms with van der Waals surface area (Å²) in [5, 5.41) is 0. The van der Waals surface area contributed by atoms with E-state index in [1.165, 1.54) is 24.0 Å². The lowest BCUT2D eigenvalue weighted by Crippen LogP contribution is -2.42. The first kappa shape index (κ1) is 12.9. The van der Waals surface area contributed by atoms with Crippen LogP contribution in [0.15, 0.2) is 24.3 Å². The molecule has 1 aromatic carbocycles. The first-order valence-electron chi connectivity index (χ1n) is 7.44. The lowest BCUT2D eigenvalue weighted by Gasteiger charge is -2.35. The van der Waals surface area contributed by atoms with E-state index in [2.05, 4.69) is 31.0 Å². The van der Waals surface area contributed by atoms with E-state index in [0.717, 1.165) is 12.8 Å². The number of nitrogens with zero attached hydrogens (tertiary/aromatic N) is 1. The maximum atomic E-state index is 12.5. The molecule has 2 unspecified atom stereocenters. The lowest BCUT2D eigenvalue weighted by molar-refractivity contribution is -0.124. The lowest BCUT2D eigenvalue weighted by atomic mass is 9.85. The van der Waals surface area contributed by atoms with Gasteiger partial charge in [-0.15, -0.1) is 0 Å². The quantitative estimate of drug-likeness (QED) is 0.829. The Balaban J connectivity index is 1.67. The zero-order chi connectivity index (χ0) is 13.4.